The molecule has 5 heteroatoms. The lowest BCUT2D eigenvalue weighted by Gasteiger charge is -2.16. The van der Waals surface area contributed by atoms with Gasteiger partial charge >= 0.3 is 0 Å². The van der Waals surface area contributed by atoms with Crippen LogP contribution in [0.1, 0.15) is 32.1 Å². The zero-order chi connectivity index (χ0) is 14.0. The van der Waals surface area contributed by atoms with Gasteiger partial charge in [-0.15, -0.1) is 35.7 Å². The molecule has 0 heterocycles. The van der Waals surface area contributed by atoms with E-state index in [1.165, 1.54) is 30.6 Å². The first-order chi connectivity index (χ1) is 9.88. The van der Waals surface area contributed by atoms with Gasteiger partial charge in [-0.2, -0.15) is 0 Å². The van der Waals surface area contributed by atoms with Crippen LogP contribution in [0.4, 0.5) is 0 Å². The number of rotatable bonds is 6. The molecule has 0 aromatic heterocycles. The third-order valence-corrected chi connectivity index (χ3v) is 4.64. The Bertz CT molecular complexity index is 405. The molecule has 1 aliphatic rings. The quantitative estimate of drug-likeness (QED) is 0.242. The average molecular weight is 419 g/mol. The van der Waals surface area contributed by atoms with Crippen LogP contribution in [0.3, 0.4) is 0 Å². The molecule has 1 saturated carbocycles. The van der Waals surface area contributed by atoms with E-state index in [9.17, 15) is 0 Å². The molecule has 21 heavy (non-hydrogen) atoms. The van der Waals surface area contributed by atoms with E-state index in [1.807, 2.05) is 18.8 Å². The summed E-state index contributed by atoms with van der Waals surface area (Å²) in [6, 6.07) is 11.2. The number of halogens is 1. The Morgan fingerprint density at radius 2 is 1.95 bits per heavy atom. The van der Waals surface area contributed by atoms with Crippen molar-refractivity contribution in [1.29, 1.82) is 0 Å². The SMILES string of the molecule is CN=C(NCCCSc1ccccc1)NC1CCCC1.I. The average Bonchev–Trinajstić information content (AvgIpc) is 3.00. The minimum atomic E-state index is 0. The van der Waals surface area contributed by atoms with E-state index in [0.29, 0.717) is 6.04 Å². The first-order valence-corrected chi connectivity index (χ1v) is 8.52. The van der Waals surface area contributed by atoms with Crippen molar-refractivity contribution in [3.8, 4) is 0 Å². The number of nitrogens with zero attached hydrogens (tertiary/aromatic N) is 1. The molecule has 2 N–H and O–H groups in total. The first kappa shape index (κ1) is 18.6. The third kappa shape index (κ3) is 7.40. The highest BCUT2D eigenvalue weighted by molar-refractivity contribution is 14.0. The smallest absolute Gasteiger partial charge is 0.191 e. The normalized spacial score (nSPS) is 15.6. The number of thioether (sulfide) groups is 1. The molecule has 0 saturated heterocycles. The predicted octanol–water partition coefficient (Wildman–Crippen LogP) is 3.89. The second-order valence-electron chi connectivity index (χ2n) is 5.14. The minimum absolute atomic E-state index is 0. The zero-order valence-electron chi connectivity index (χ0n) is 12.7. The number of guanidine groups is 1. The molecule has 0 radical (unpaired) electrons. The maximum Gasteiger partial charge on any atom is 0.191 e. The fourth-order valence-electron chi connectivity index (χ4n) is 2.44. The molecular formula is C16H26IN3S. The lowest BCUT2D eigenvalue weighted by Crippen LogP contribution is -2.42. The van der Waals surface area contributed by atoms with Crippen LogP contribution in [0.2, 0.25) is 0 Å². The van der Waals surface area contributed by atoms with Crippen molar-refractivity contribution in [2.45, 2.75) is 43.0 Å². The Morgan fingerprint density at radius 1 is 1.24 bits per heavy atom. The molecule has 0 spiro atoms. The molecule has 2 rings (SSSR count). The number of nitrogens with one attached hydrogen (secondary N) is 2. The van der Waals surface area contributed by atoms with Crippen molar-refractivity contribution in [2.75, 3.05) is 19.3 Å². The zero-order valence-corrected chi connectivity index (χ0v) is 15.8. The molecule has 1 aromatic rings. The largest absolute Gasteiger partial charge is 0.356 e. The molecule has 0 unspecified atom stereocenters. The molecule has 3 nitrogen and oxygen atoms in total. The van der Waals surface area contributed by atoms with E-state index in [1.54, 1.807) is 0 Å². The summed E-state index contributed by atoms with van der Waals surface area (Å²) in [6.45, 7) is 0.978. The van der Waals surface area contributed by atoms with Gasteiger partial charge in [0.05, 0.1) is 0 Å². The number of hydrogen-bond acceptors (Lipinski definition) is 2. The van der Waals surface area contributed by atoms with Crippen LogP contribution in [-0.4, -0.2) is 31.3 Å². The van der Waals surface area contributed by atoms with Crippen LogP contribution in [0.15, 0.2) is 40.2 Å². The lowest BCUT2D eigenvalue weighted by atomic mass is 10.2. The topological polar surface area (TPSA) is 36.4 Å². The molecule has 1 aromatic carbocycles. The van der Waals surface area contributed by atoms with Crippen LogP contribution in [0.25, 0.3) is 0 Å². The van der Waals surface area contributed by atoms with Gasteiger partial charge in [0.25, 0.3) is 0 Å². The second-order valence-corrected chi connectivity index (χ2v) is 6.31. The van der Waals surface area contributed by atoms with Crippen molar-refractivity contribution < 1.29 is 0 Å². The Balaban J connectivity index is 0.00000220. The summed E-state index contributed by atoms with van der Waals surface area (Å²) >= 11 is 1.91. The molecule has 1 aliphatic carbocycles. The van der Waals surface area contributed by atoms with E-state index in [-0.39, 0.29) is 24.0 Å². The van der Waals surface area contributed by atoms with Crippen LogP contribution < -0.4 is 10.6 Å². The minimum Gasteiger partial charge on any atom is -0.356 e. The standard InChI is InChI=1S/C16H25N3S.HI/c1-17-16(19-14-8-5-6-9-14)18-12-7-13-20-15-10-3-2-4-11-15;/h2-4,10-11,14H,5-9,12-13H2,1H3,(H2,17,18,19);1H. The van der Waals surface area contributed by atoms with Crippen LogP contribution in [0, 0.1) is 0 Å². The summed E-state index contributed by atoms with van der Waals surface area (Å²) in [4.78, 5) is 5.64. The van der Waals surface area contributed by atoms with Crippen molar-refractivity contribution >= 4 is 41.7 Å². The predicted molar refractivity (Wildman–Crippen MR) is 104 cm³/mol. The van der Waals surface area contributed by atoms with Crippen molar-refractivity contribution in [1.82, 2.24) is 10.6 Å². The highest BCUT2D eigenvalue weighted by Gasteiger charge is 2.15. The van der Waals surface area contributed by atoms with Gasteiger partial charge in [0.2, 0.25) is 0 Å². The summed E-state index contributed by atoms with van der Waals surface area (Å²) in [5, 5.41) is 6.91. The molecular weight excluding hydrogens is 393 g/mol. The lowest BCUT2D eigenvalue weighted by molar-refractivity contribution is 0.613. The number of aliphatic imine (C=N–C) groups is 1. The van der Waals surface area contributed by atoms with Gasteiger partial charge in [0, 0.05) is 24.5 Å². The van der Waals surface area contributed by atoms with Gasteiger partial charge in [0.1, 0.15) is 0 Å². The monoisotopic (exact) mass is 419 g/mol. The van der Waals surface area contributed by atoms with Crippen molar-refractivity contribution in [2.24, 2.45) is 4.99 Å². The fraction of sp³-hybridized carbons (Fsp3) is 0.562. The maximum atomic E-state index is 4.29. The van der Waals surface area contributed by atoms with Crippen molar-refractivity contribution in [3.63, 3.8) is 0 Å². The highest BCUT2D eigenvalue weighted by atomic mass is 127. The van der Waals surface area contributed by atoms with Crippen LogP contribution >= 0.6 is 35.7 Å². The second kappa shape index (κ2) is 11.2. The Hall–Kier alpha value is -0.430. The number of hydrogen-bond donors (Lipinski definition) is 2. The number of benzene rings is 1. The molecule has 0 atom stereocenters. The molecule has 0 amide bonds. The van der Waals surface area contributed by atoms with E-state index in [4.69, 9.17) is 0 Å². The third-order valence-electron chi connectivity index (χ3n) is 3.55. The maximum absolute atomic E-state index is 4.29. The summed E-state index contributed by atoms with van der Waals surface area (Å²) in [6.07, 6.45) is 6.41. The Labute approximate surface area is 149 Å². The van der Waals surface area contributed by atoms with Gasteiger partial charge in [0.15, 0.2) is 5.96 Å². The van der Waals surface area contributed by atoms with Crippen molar-refractivity contribution in [3.05, 3.63) is 30.3 Å². The van der Waals surface area contributed by atoms with Gasteiger partial charge in [-0.1, -0.05) is 31.0 Å². The first-order valence-electron chi connectivity index (χ1n) is 7.53. The van der Waals surface area contributed by atoms with E-state index < -0.39 is 0 Å². The Kier molecular flexibility index (Phi) is 9.91. The van der Waals surface area contributed by atoms with E-state index >= 15 is 0 Å². The van der Waals surface area contributed by atoms with E-state index in [2.05, 4.69) is 46.0 Å². The van der Waals surface area contributed by atoms with Gasteiger partial charge < -0.3 is 10.6 Å². The van der Waals surface area contributed by atoms with Gasteiger partial charge in [-0.25, -0.2) is 0 Å². The molecule has 0 aliphatic heterocycles. The summed E-state index contributed by atoms with van der Waals surface area (Å²) < 4.78 is 0. The molecule has 0 bridgehead atoms. The summed E-state index contributed by atoms with van der Waals surface area (Å²) in [5.41, 5.74) is 0. The molecule has 1 fully saturated rings. The highest BCUT2D eigenvalue weighted by Crippen LogP contribution is 2.18. The van der Waals surface area contributed by atoms with E-state index in [0.717, 1.165) is 24.7 Å². The van der Waals surface area contributed by atoms with Gasteiger partial charge in [-0.05, 0) is 37.1 Å². The summed E-state index contributed by atoms with van der Waals surface area (Å²) in [7, 11) is 1.85. The molecule has 118 valence electrons. The van der Waals surface area contributed by atoms with Crippen LogP contribution in [-0.2, 0) is 0 Å². The van der Waals surface area contributed by atoms with Crippen LogP contribution in [0.5, 0.6) is 0 Å². The Morgan fingerprint density at radius 3 is 2.62 bits per heavy atom. The fourth-order valence-corrected chi connectivity index (χ4v) is 3.32. The van der Waals surface area contributed by atoms with Gasteiger partial charge in [-0.3, -0.25) is 4.99 Å². The summed E-state index contributed by atoms with van der Waals surface area (Å²) in [5.74, 6) is 2.10.